The second-order valence-corrected chi connectivity index (χ2v) is 10.2. The summed E-state index contributed by atoms with van der Waals surface area (Å²) in [6, 6.07) is 1.66. The van der Waals surface area contributed by atoms with Gasteiger partial charge in [-0.1, -0.05) is 0 Å². The van der Waals surface area contributed by atoms with E-state index in [1.165, 1.54) is 25.2 Å². The number of nitrogens with one attached hydrogen (secondary N) is 3. The minimum absolute atomic E-state index is 0.159. The first-order valence-electron chi connectivity index (χ1n) is 13.0. The topological polar surface area (TPSA) is 159 Å². The lowest BCUT2D eigenvalue weighted by atomic mass is 10.2. The third kappa shape index (κ3) is 4.49. The van der Waals surface area contributed by atoms with Crippen LogP contribution >= 0.6 is 0 Å². The molecule has 3 N–H and O–H groups in total. The number of fused-ring (bicyclic) bond motifs is 2. The Hall–Kier alpha value is -3.91. The third-order valence-electron chi connectivity index (χ3n) is 7.59. The molecule has 4 atom stereocenters. The Morgan fingerprint density at radius 1 is 1.11 bits per heavy atom. The second-order valence-electron chi connectivity index (χ2n) is 10.2. The van der Waals surface area contributed by atoms with Gasteiger partial charge in [0.05, 0.1) is 31.1 Å². The quantitative estimate of drug-likeness (QED) is 0.391. The van der Waals surface area contributed by atoms with E-state index in [0.29, 0.717) is 55.0 Å². The zero-order valence-electron chi connectivity index (χ0n) is 20.9. The van der Waals surface area contributed by atoms with E-state index in [4.69, 9.17) is 24.4 Å². The molecular weight excluding hydrogens is 490 g/mol. The number of methoxy groups -OCH3 is 1. The minimum Gasteiger partial charge on any atom is -0.380 e. The maximum Gasteiger partial charge on any atom is 0.248 e. The average Bonchev–Trinajstić information content (AvgIpc) is 3.32. The molecule has 4 aliphatic rings. The number of ether oxygens (including phenoxy) is 2. The molecule has 198 valence electrons. The summed E-state index contributed by atoms with van der Waals surface area (Å²) in [5, 5.41) is 13.6. The first-order chi connectivity index (χ1) is 18.6. The molecule has 1 aliphatic carbocycles. The summed E-state index contributed by atoms with van der Waals surface area (Å²) in [6.45, 7) is 1.83. The lowest BCUT2D eigenvalue weighted by molar-refractivity contribution is -0.117. The molecule has 3 saturated heterocycles. The zero-order chi connectivity index (χ0) is 25.6. The molecule has 3 aliphatic heterocycles. The molecule has 3 aromatic heterocycles. The predicted molar refractivity (Wildman–Crippen MR) is 136 cm³/mol. The van der Waals surface area contributed by atoms with Crippen LogP contribution in [-0.4, -0.2) is 92.1 Å². The van der Waals surface area contributed by atoms with Crippen molar-refractivity contribution in [2.75, 3.05) is 47.2 Å². The number of morpholine rings is 1. The number of aromatic nitrogens is 7. The van der Waals surface area contributed by atoms with Gasteiger partial charge in [0, 0.05) is 56.7 Å². The van der Waals surface area contributed by atoms with Crippen LogP contribution in [0.1, 0.15) is 37.3 Å². The van der Waals surface area contributed by atoms with Crippen molar-refractivity contribution in [3.05, 3.63) is 30.4 Å². The lowest BCUT2D eigenvalue weighted by Gasteiger charge is -2.29. The van der Waals surface area contributed by atoms with Crippen molar-refractivity contribution in [2.24, 2.45) is 0 Å². The summed E-state index contributed by atoms with van der Waals surface area (Å²) in [5.41, 5.74) is 1.11. The van der Waals surface area contributed by atoms with Crippen LogP contribution in [0.5, 0.6) is 0 Å². The molecular formula is C24H29N11O3. The number of carbonyl (C=O) groups excluding carboxylic acids is 1. The van der Waals surface area contributed by atoms with Gasteiger partial charge in [0.15, 0.2) is 11.6 Å². The molecule has 7 rings (SSSR count). The van der Waals surface area contributed by atoms with Gasteiger partial charge in [-0.25, -0.2) is 4.98 Å². The molecule has 4 fully saturated rings. The van der Waals surface area contributed by atoms with E-state index in [1.54, 1.807) is 13.3 Å². The van der Waals surface area contributed by atoms with Crippen LogP contribution in [0.4, 0.5) is 29.5 Å². The van der Waals surface area contributed by atoms with Gasteiger partial charge >= 0.3 is 0 Å². The SMILES string of the molecule is CO[C@H]1C[C@@H](C(=O)Nc2cnccn2)N(c2nc(Nc3cc(C4CC4)[nH]n3)nc(N3C[C@@H]4C[C@H]3CO4)n2)C1. The standard InChI is InChI=1S/C24H29N11O3/c1-37-15-7-18(21(36)27-20-9-25-4-5-26-20)35(10-15)24-30-22(28-19-8-17(32-33-19)13-2-3-13)29-23(31-24)34-11-16-6-14(34)12-38-16/h4-5,8-9,13-16,18H,2-3,6-7,10-12H2,1H3,(H,26,27,36)(H2,28,29,30,31,32,33)/t14-,15-,16-,18-/m0/s1. The number of nitrogens with zero attached hydrogens (tertiary/aromatic N) is 8. The normalized spacial score (nSPS) is 26.2. The maximum atomic E-state index is 13.3. The number of anilines is 5. The Bertz CT molecular complexity index is 1320. The van der Waals surface area contributed by atoms with E-state index in [2.05, 4.69) is 35.7 Å². The summed E-state index contributed by atoms with van der Waals surface area (Å²) >= 11 is 0. The fourth-order valence-electron chi connectivity index (χ4n) is 5.44. The summed E-state index contributed by atoms with van der Waals surface area (Å²) in [4.78, 5) is 39.9. The number of amides is 1. The predicted octanol–water partition coefficient (Wildman–Crippen LogP) is 1.22. The molecule has 1 amide bonds. The van der Waals surface area contributed by atoms with Gasteiger partial charge in [0.1, 0.15) is 6.04 Å². The highest BCUT2D eigenvalue weighted by atomic mass is 16.5. The van der Waals surface area contributed by atoms with Crippen molar-refractivity contribution < 1.29 is 14.3 Å². The fraction of sp³-hybridized carbons (Fsp3) is 0.542. The van der Waals surface area contributed by atoms with Crippen molar-refractivity contribution in [2.45, 2.75) is 55.9 Å². The van der Waals surface area contributed by atoms with Crippen molar-refractivity contribution in [3.8, 4) is 0 Å². The van der Waals surface area contributed by atoms with E-state index < -0.39 is 6.04 Å². The number of aromatic amines is 1. The van der Waals surface area contributed by atoms with Gasteiger partial charge in [0.25, 0.3) is 0 Å². The maximum absolute atomic E-state index is 13.3. The number of H-pyrrole nitrogens is 1. The Morgan fingerprint density at radius 3 is 2.68 bits per heavy atom. The average molecular weight is 520 g/mol. The Labute approximate surface area is 218 Å². The molecule has 14 nitrogen and oxygen atoms in total. The third-order valence-corrected chi connectivity index (χ3v) is 7.59. The first-order valence-corrected chi connectivity index (χ1v) is 13.0. The van der Waals surface area contributed by atoms with Crippen LogP contribution in [0.15, 0.2) is 24.7 Å². The van der Waals surface area contributed by atoms with Crippen molar-refractivity contribution >= 4 is 35.4 Å². The van der Waals surface area contributed by atoms with Crippen molar-refractivity contribution in [1.29, 1.82) is 0 Å². The van der Waals surface area contributed by atoms with Gasteiger partial charge in [-0.2, -0.15) is 20.1 Å². The number of rotatable bonds is 8. The van der Waals surface area contributed by atoms with Crippen LogP contribution in [0, 0.1) is 0 Å². The fourth-order valence-corrected chi connectivity index (χ4v) is 5.44. The molecule has 14 heteroatoms. The van der Waals surface area contributed by atoms with Gasteiger partial charge in [-0.3, -0.25) is 14.9 Å². The Kier molecular flexibility index (Phi) is 5.77. The summed E-state index contributed by atoms with van der Waals surface area (Å²) in [7, 11) is 1.65. The smallest absolute Gasteiger partial charge is 0.248 e. The van der Waals surface area contributed by atoms with Gasteiger partial charge in [0.2, 0.25) is 23.8 Å². The number of carbonyl (C=O) groups is 1. The first kappa shape index (κ1) is 23.2. The van der Waals surface area contributed by atoms with E-state index >= 15 is 0 Å². The van der Waals surface area contributed by atoms with Crippen molar-refractivity contribution in [3.63, 3.8) is 0 Å². The molecule has 0 radical (unpaired) electrons. The van der Waals surface area contributed by atoms with E-state index in [0.717, 1.165) is 18.7 Å². The minimum atomic E-state index is -0.560. The number of hydrogen-bond acceptors (Lipinski definition) is 12. The molecule has 0 spiro atoms. The van der Waals surface area contributed by atoms with Crippen LogP contribution in [0.25, 0.3) is 0 Å². The van der Waals surface area contributed by atoms with Crippen LogP contribution in [-0.2, 0) is 14.3 Å². The molecule has 38 heavy (non-hydrogen) atoms. The molecule has 0 unspecified atom stereocenters. The van der Waals surface area contributed by atoms with Gasteiger partial charge in [-0.15, -0.1) is 0 Å². The van der Waals surface area contributed by atoms with Crippen molar-refractivity contribution in [1.82, 2.24) is 35.1 Å². The highest BCUT2D eigenvalue weighted by Gasteiger charge is 2.42. The molecule has 6 heterocycles. The second kappa shape index (κ2) is 9.44. The number of hydrogen-bond donors (Lipinski definition) is 3. The van der Waals surface area contributed by atoms with E-state index in [1.807, 2.05) is 11.0 Å². The summed E-state index contributed by atoms with van der Waals surface area (Å²) < 4.78 is 11.4. The summed E-state index contributed by atoms with van der Waals surface area (Å²) in [5.74, 6) is 2.68. The van der Waals surface area contributed by atoms with E-state index in [9.17, 15) is 4.79 Å². The highest BCUT2D eigenvalue weighted by Crippen LogP contribution is 2.40. The van der Waals surface area contributed by atoms with Crippen LogP contribution in [0.2, 0.25) is 0 Å². The summed E-state index contributed by atoms with van der Waals surface area (Å²) in [6.07, 6.45) is 8.41. The largest absolute Gasteiger partial charge is 0.380 e. The molecule has 0 aromatic carbocycles. The van der Waals surface area contributed by atoms with Gasteiger partial charge < -0.3 is 29.9 Å². The molecule has 1 saturated carbocycles. The van der Waals surface area contributed by atoms with Crippen LogP contribution < -0.4 is 20.4 Å². The highest BCUT2D eigenvalue weighted by molar-refractivity contribution is 5.96. The van der Waals surface area contributed by atoms with E-state index in [-0.39, 0.29) is 24.2 Å². The van der Waals surface area contributed by atoms with Crippen LogP contribution in [0.3, 0.4) is 0 Å². The lowest BCUT2D eigenvalue weighted by Crippen LogP contribution is -2.42. The molecule has 2 bridgehead atoms. The molecule has 3 aromatic rings. The Morgan fingerprint density at radius 2 is 1.97 bits per heavy atom. The Balaban J connectivity index is 1.21. The monoisotopic (exact) mass is 519 g/mol. The van der Waals surface area contributed by atoms with Gasteiger partial charge in [-0.05, 0) is 19.3 Å². The zero-order valence-corrected chi connectivity index (χ0v) is 20.9.